The molecule has 0 spiro atoms. The molecule has 0 aliphatic heterocycles. The Morgan fingerprint density at radius 3 is 2.58 bits per heavy atom. The summed E-state index contributed by atoms with van der Waals surface area (Å²) in [6.45, 7) is 3.53. The number of thioether (sulfide) groups is 1. The average molecular weight is 368 g/mol. The van der Waals surface area contributed by atoms with Crippen LogP contribution in [-0.2, 0) is 20.1 Å². The van der Waals surface area contributed by atoms with Crippen LogP contribution in [0, 0.1) is 18.3 Å². The number of nitriles is 1. The molecule has 1 N–H and O–H groups in total. The summed E-state index contributed by atoms with van der Waals surface area (Å²) in [5.74, 6) is -0.0471. The van der Waals surface area contributed by atoms with Gasteiger partial charge >= 0.3 is 5.97 Å². The van der Waals surface area contributed by atoms with E-state index in [1.54, 1.807) is 24.3 Å². The van der Waals surface area contributed by atoms with Crippen LogP contribution in [0.3, 0.4) is 0 Å². The van der Waals surface area contributed by atoms with Crippen LogP contribution < -0.4 is 5.32 Å². The number of amides is 1. The molecular weight excluding hydrogens is 348 g/mol. The average Bonchev–Trinajstić information content (AvgIpc) is 2.63. The predicted octanol–water partition coefficient (Wildman–Crippen LogP) is 3.67. The second-order valence-corrected chi connectivity index (χ2v) is 6.74. The monoisotopic (exact) mass is 368 g/mol. The lowest BCUT2D eigenvalue weighted by Crippen LogP contribution is -2.30. The molecule has 0 bridgehead atoms. The molecule has 0 unspecified atom stereocenters. The lowest BCUT2D eigenvalue weighted by Gasteiger charge is -2.14. The predicted molar refractivity (Wildman–Crippen MR) is 103 cm³/mol. The van der Waals surface area contributed by atoms with Crippen molar-refractivity contribution < 1.29 is 14.3 Å². The van der Waals surface area contributed by atoms with Crippen LogP contribution in [0.5, 0.6) is 0 Å². The zero-order chi connectivity index (χ0) is 18.9. The van der Waals surface area contributed by atoms with Gasteiger partial charge in [-0.3, -0.25) is 9.59 Å². The maximum absolute atomic E-state index is 12.1. The van der Waals surface area contributed by atoms with E-state index in [-0.39, 0.29) is 5.75 Å². The number of ether oxygens (including phenoxy) is 1. The molecule has 2 rings (SSSR count). The Hall–Kier alpha value is -2.78. The van der Waals surface area contributed by atoms with E-state index in [2.05, 4.69) is 5.32 Å². The number of hydrogen-bond donors (Lipinski definition) is 1. The molecule has 26 heavy (non-hydrogen) atoms. The van der Waals surface area contributed by atoms with Crippen molar-refractivity contribution in [3.63, 3.8) is 0 Å². The number of rotatable bonds is 7. The first-order chi connectivity index (χ1) is 12.5. The highest BCUT2D eigenvalue weighted by Gasteiger charge is 2.18. The van der Waals surface area contributed by atoms with Crippen LogP contribution in [0.2, 0.25) is 0 Å². The SMILES string of the molecule is Cc1ccc(CSCC(=O)O[C@@H](C)C(=O)Nc2ccccc2C#N)cc1. The van der Waals surface area contributed by atoms with Crippen molar-refractivity contribution in [2.24, 2.45) is 0 Å². The number of para-hydroxylation sites is 1. The third-order valence-corrected chi connectivity index (χ3v) is 4.57. The highest BCUT2D eigenvalue weighted by molar-refractivity contribution is 7.99. The zero-order valence-corrected chi connectivity index (χ0v) is 15.5. The standard InChI is InChI=1S/C20H20N2O3S/c1-14-7-9-16(10-8-14)12-26-13-19(23)25-15(2)20(24)22-18-6-4-3-5-17(18)11-21/h3-10,15H,12-13H2,1-2H3,(H,22,24)/t15-/m0/s1. The number of benzene rings is 2. The summed E-state index contributed by atoms with van der Waals surface area (Å²) in [5.41, 5.74) is 3.08. The number of aryl methyl sites for hydroxylation is 1. The molecule has 0 aliphatic carbocycles. The van der Waals surface area contributed by atoms with Gasteiger partial charge in [0, 0.05) is 5.75 Å². The fourth-order valence-corrected chi connectivity index (χ4v) is 2.91. The molecule has 1 atom stereocenters. The Bertz CT molecular complexity index is 813. The van der Waals surface area contributed by atoms with Crippen molar-refractivity contribution >= 4 is 29.3 Å². The minimum absolute atomic E-state index is 0.167. The van der Waals surface area contributed by atoms with Gasteiger partial charge in [0.15, 0.2) is 6.10 Å². The Morgan fingerprint density at radius 1 is 1.19 bits per heavy atom. The number of carbonyl (C=O) groups excluding carboxylic acids is 2. The number of nitrogens with zero attached hydrogens (tertiary/aromatic N) is 1. The van der Waals surface area contributed by atoms with Crippen molar-refractivity contribution in [3.8, 4) is 6.07 Å². The maximum Gasteiger partial charge on any atom is 0.316 e. The highest BCUT2D eigenvalue weighted by Crippen LogP contribution is 2.15. The molecule has 0 radical (unpaired) electrons. The topological polar surface area (TPSA) is 79.2 Å². The quantitative estimate of drug-likeness (QED) is 0.754. The fraction of sp³-hybridized carbons (Fsp3) is 0.250. The molecule has 0 aliphatic rings. The van der Waals surface area contributed by atoms with E-state index in [1.165, 1.54) is 24.2 Å². The molecule has 6 heteroatoms. The van der Waals surface area contributed by atoms with Crippen LogP contribution in [0.25, 0.3) is 0 Å². The van der Waals surface area contributed by atoms with Crippen LogP contribution >= 0.6 is 11.8 Å². The number of anilines is 1. The minimum Gasteiger partial charge on any atom is -0.452 e. The molecular formula is C20H20N2O3S. The second kappa shape index (κ2) is 9.64. The van der Waals surface area contributed by atoms with Crippen molar-refractivity contribution in [2.45, 2.75) is 25.7 Å². The van der Waals surface area contributed by atoms with Crippen LogP contribution in [0.1, 0.15) is 23.6 Å². The van der Waals surface area contributed by atoms with Gasteiger partial charge in [-0.05, 0) is 31.5 Å². The van der Waals surface area contributed by atoms with E-state index in [0.717, 1.165) is 5.56 Å². The molecule has 0 saturated heterocycles. The molecule has 5 nitrogen and oxygen atoms in total. The number of nitrogens with one attached hydrogen (secondary N) is 1. The lowest BCUT2D eigenvalue weighted by molar-refractivity contribution is -0.150. The van der Waals surface area contributed by atoms with E-state index in [1.807, 2.05) is 37.3 Å². The van der Waals surface area contributed by atoms with Crippen molar-refractivity contribution in [3.05, 3.63) is 65.2 Å². The minimum atomic E-state index is -0.936. The second-order valence-electron chi connectivity index (χ2n) is 5.76. The Morgan fingerprint density at radius 2 is 1.88 bits per heavy atom. The van der Waals surface area contributed by atoms with Crippen molar-refractivity contribution in [1.29, 1.82) is 5.26 Å². The summed E-state index contributed by atoms with van der Waals surface area (Å²) >= 11 is 1.43. The van der Waals surface area contributed by atoms with Crippen LogP contribution in [-0.4, -0.2) is 23.7 Å². The van der Waals surface area contributed by atoms with Gasteiger partial charge in [-0.25, -0.2) is 0 Å². The van der Waals surface area contributed by atoms with Gasteiger partial charge in [0.1, 0.15) is 6.07 Å². The molecule has 0 fully saturated rings. The number of hydrogen-bond acceptors (Lipinski definition) is 5. The molecule has 134 valence electrons. The van der Waals surface area contributed by atoms with E-state index in [0.29, 0.717) is 17.0 Å². The van der Waals surface area contributed by atoms with Crippen LogP contribution in [0.4, 0.5) is 5.69 Å². The number of carbonyl (C=O) groups is 2. The fourth-order valence-electron chi connectivity index (χ4n) is 2.15. The molecule has 0 saturated carbocycles. The van der Waals surface area contributed by atoms with E-state index >= 15 is 0 Å². The molecule has 2 aromatic rings. The summed E-state index contributed by atoms with van der Waals surface area (Å²) in [6.07, 6.45) is -0.936. The molecule has 2 aromatic carbocycles. The third-order valence-electron chi connectivity index (χ3n) is 3.59. The Balaban J connectivity index is 1.78. The van der Waals surface area contributed by atoms with Gasteiger partial charge in [-0.1, -0.05) is 42.0 Å². The van der Waals surface area contributed by atoms with Crippen molar-refractivity contribution in [1.82, 2.24) is 0 Å². The van der Waals surface area contributed by atoms with Crippen LogP contribution in [0.15, 0.2) is 48.5 Å². The van der Waals surface area contributed by atoms with Crippen molar-refractivity contribution in [2.75, 3.05) is 11.1 Å². The Labute approximate surface area is 157 Å². The smallest absolute Gasteiger partial charge is 0.316 e. The van der Waals surface area contributed by atoms with Gasteiger partial charge in [-0.2, -0.15) is 5.26 Å². The first-order valence-corrected chi connectivity index (χ1v) is 9.28. The largest absolute Gasteiger partial charge is 0.452 e. The van der Waals surface area contributed by atoms with Gasteiger partial charge in [0.05, 0.1) is 17.0 Å². The zero-order valence-electron chi connectivity index (χ0n) is 14.7. The first kappa shape index (κ1) is 19.5. The summed E-state index contributed by atoms with van der Waals surface area (Å²) in [6, 6.07) is 16.8. The molecule has 0 aromatic heterocycles. The highest BCUT2D eigenvalue weighted by atomic mass is 32.2. The van der Waals surface area contributed by atoms with E-state index in [9.17, 15) is 9.59 Å². The van der Waals surface area contributed by atoms with Gasteiger partial charge in [0.2, 0.25) is 0 Å². The van der Waals surface area contributed by atoms with Gasteiger partial charge < -0.3 is 10.1 Å². The number of esters is 1. The summed E-state index contributed by atoms with van der Waals surface area (Å²) in [7, 11) is 0. The van der Waals surface area contributed by atoms with Gasteiger partial charge in [0.25, 0.3) is 5.91 Å². The Kier molecular flexibility index (Phi) is 7.24. The third kappa shape index (κ3) is 5.94. The molecule has 0 heterocycles. The first-order valence-electron chi connectivity index (χ1n) is 8.12. The van der Waals surface area contributed by atoms with E-state index in [4.69, 9.17) is 10.00 Å². The summed E-state index contributed by atoms with van der Waals surface area (Å²) in [5, 5.41) is 11.6. The normalized spacial score (nSPS) is 11.3. The summed E-state index contributed by atoms with van der Waals surface area (Å²) < 4.78 is 5.16. The van der Waals surface area contributed by atoms with Gasteiger partial charge in [-0.15, -0.1) is 11.8 Å². The lowest BCUT2D eigenvalue weighted by atomic mass is 10.2. The maximum atomic E-state index is 12.1. The molecule has 1 amide bonds. The van der Waals surface area contributed by atoms with E-state index < -0.39 is 18.0 Å². The summed E-state index contributed by atoms with van der Waals surface area (Å²) in [4.78, 5) is 24.0.